The number of amides is 2. The second kappa shape index (κ2) is 7.66. The summed E-state index contributed by atoms with van der Waals surface area (Å²) >= 11 is 0. The second-order valence-corrected chi connectivity index (χ2v) is 7.99. The van der Waals surface area contributed by atoms with Gasteiger partial charge in [0, 0.05) is 30.2 Å². The number of nitrogens with one attached hydrogen (secondary N) is 2. The lowest BCUT2D eigenvalue weighted by Gasteiger charge is -2.17. The van der Waals surface area contributed by atoms with E-state index in [0.717, 1.165) is 35.6 Å². The highest BCUT2D eigenvalue weighted by Gasteiger charge is 2.48. The van der Waals surface area contributed by atoms with Crippen molar-refractivity contribution in [2.75, 3.05) is 28.6 Å². The molecule has 2 N–H and O–H groups in total. The maximum Gasteiger partial charge on any atom is 0.228 e. The van der Waals surface area contributed by atoms with E-state index >= 15 is 0 Å². The zero-order valence-electron chi connectivity index (χ0n) is 16.5. The normalized spacial score (nSPS) is 20.7. The van der Waals surface area contributed by atoms with E-state index in [9.17, 15) is 9.59 Å². The topological polar surface area (TPSA) is 61.4 Å². The molecule has 2 fully saturated rings. The van der Waals surface area contributed by atoms with E-state index in [1.807, 2.05) is 44.2 Å². The van der Waals surface area contributed by atoms with Crippen LogP contribution in [0.1, 0.15) is 30.4 Å². The Labute approximate surface area is 166 Å². The van der Waals surface area contributed by atoms with Crippen molar-refractivity contribution in [3.8, 4) is 0 Å². The predicted octanol–water partition coefficient (Wildman–Crippen LogP) is 4.12. The average Bonchev–Trinajstić information content (AvgIpc) is 3.31. The average molecular weight is 377 g/mol. The third-order valence-electron chi connectivity index (χ3n) is 5.71. The molecule has 1 aliphatic carbocycles. The number of anilines is 3. The summed E-state index contributed by atoms with van der Waals surface area (Å²) < 4.78 is 0. The Hall–Kier alpha value is -2.82. The molecular formula is C23H27N3O2. The summed E-state index contributed by atoms with van der Waals surface area (Å²) in [5.74, 6) is -0.639. The summed E-state index contributed by atoms with van der Waals surface area (Å²) in [5, 5.41) is 5.91. The van der Waals surface area contributed by atoms with Crippen LogP contribution in [0.15, 0.2) is 42.5 Å². The number of carbonyl (C=O) groups excluding carboxylic acids is 2. The van der Waals surface area contributed by atoms with Crippen molar-refractivity contribution in [2.24, 2.45) is 11.8 Å². The van der Waals surface area contributed by atoms with Crippen LogP contribution in [0.2, 0.25) is 0 Å². The van der Waals surface area contributed by atoms with Crippen molar-refractivity contribution in [1.82, 2.24) is 0 Å². The van der Waals surface area contributed by atoms with Crippen LogP contribution in [-0.2, 0) is 9.59 Å². The molecule has 146 valence electrons. The van der Waals surface area contributed by atoms with Crippen molar-refractivity contribution in [1.29, 1.82) is 0 Å². The summed E-state index contributed by atoms with van der Waals surface area (Å²) in [6.07, 6.45) is 3.09. The number of benzene rings is 2. The van der Waals surface area contributed by atoms with Crippen LogP contribution in [0.4, 0.5) is 17.1 Å². The first-order valence-electron chi connectivity index (χ1n) is 10.1. The van der Waals surface area contributed by atoms with Gasteiger partial charge >= 0.3 is 0 Å². The lowest BCUT2D eigenvalue weighted by Crippen LogP contribution is -2.21. The van der Waals surface area contributed by atoms with Gasteiger partial charge < -0.3 is 15.5 Å². The van der Waals surface area contributed by atoms with Crippen molar-refractivity contribution in [3.05, 3.63) is 53.6 Å². The maximum atomic E-state index is 12.5. The van der Waals surface area contributed by atoms with E-state index in [-0.39, 0.29) is 23.7 Å². The second-order valence-electron chi connectivity index (χ2n) is 7.99. The van der Waals surface area contributed by atoms with Crippen LogP contribution in [-0.4, -0.2) is 24.9 Å². The quantitative estimate of drug-likeness (QED) is 0.824. The van der Waals surface area contributed by atoms with Gasteiger partial charge in [-0.2, -0.15) is 0 Å². The van der Waals surface area contributed by atoms with E-state index in [4.69, 9.17) is 0 Å². The molecule has 5 nitrogen and oxygen atoms in total. The minimum absolute atomic E-state index is 0.0727. The Balaban J connectivity index is 1.30. The van der Waals surface area contributed by atoms with Gasteiger partial charge in [-0.05, 0) is 69.0 Å². The van der Waals surface area contributed by atoms with Crippen LogP contribution in [0.5, 0.6) is 0 Å². The number of carbonyl (C=O) groups is 2. The van der Waals surface area contributed by atoms with Gasteiger partial charge in [0.25, 0.3) is 0 Å². The molecule has 4 rings (SSSR count). The number of hydrogen-bond donors (Lipinski definition) is 2. The molecule has 5 heteroatoms. The third kappa shape index (κ3) is 4.03. The Morgan fingerprint density at radius 2 is 1.54 bits per heavy atom. The first-order chi connectivity index (χ1) is 13.5. The predicted molar refractivity (Wildman–Crippen MR) is 113 cm³/mol. The standard InChI is InChI=1S/C23H27N3O2/c1-15-5-10-21(16(2)13-15)25-23(28)20-14-19(20)22(27)24-17-6-8-18(9-7-17)26-11-3-4-12-26/h5-10,13,19-20H,3-4,11-12,14H2,1-2H3,(H,24,27)(H,25,28). The van der Waals surface area contributed by atoms with Gasteiger partial charge in [-0.1, -0.05) is 17.7 Å². The molecule has 2 aliphatic rings. The molecule has 0 aromatic heterocycles. The zero-order valence-corrected chi connectivity index (χ0v) is 16.5. The van der Waals surface area contributed by atoms with Gasteiger partial charge in [-0.25, -0.2) is 0 Å². The third-order valence-corrected chi connectivity index (χ3v) is 5.71. The minimum Gasteiger partial charge on any atom is -0.372 e. The molecule has 1 saturated heterocycles. The van der Waals surface area contributed by atoms with Gasteiger partial charge in [0.1, 0.15) is 0 Å². The van der Waals surface area contributed by atoms with Crippen LogP contribution < -0.4 is 15.5 Å². The molecule has 2 amide bonds. The Morgan fingerprint density at radius 1 is 0.893 bits per heavy atom. The van der Waals surface area contributed by atoms with Crippen molar-refractivity contribution in [3.63, 3.8) is 0 Å². The van der Waals surface area contributed by atoms with E-state index in [1.165, 1.54) is 18.5 Å². The fraction of sp³-hybridized carbons (Fsp3) is 0.391. The summed E-state index contributed by atoms with van der Waals surface area (Å²) in [6.45, 7) is 6.21. The summed E-state index contributed by atoms with van der Waals surface area (Å²) in [6, 6.07) is 13.9. The molecule has 2 unspecified atom stereocenters. The van der Waals surface area contributed by atoms with Crippen molar-refractivity contribution in [2.45, 2.75) is 33.1 Å². The summed E-state index contributed by atoms with van der Waals surface area (Å²) in [4.78, 5) is 27.3. The first-order valence-corrected chi connectivity index (χ1v) is 10.1. The van der Waals surface area contributed by atoms with E-state index in [0.29, 0.717) is 6.42 Å². The van der Waals surface area contributed by atoms with Crippen LogP contribution >= 0.6 is 0 Å². The Bertz CT molecular complexity index is 885. The molecule has 0 radical (unpaired) electrons. The highest BCUT2D eigenvalue weighted by molar-refractivity contribution is 6.03. The summed E-state index contributed by atoms with van der Waals surface area (Å²) in [5.41, 5.74) is 5.00. The maximum absolute atomic E-state index is 12.5. The number of rotatable bonds is 5. The number of hydrogen-bond acceptors (Lipinski definition) is 3. The monoisotopic (exact) mass is 377 g/mol. The SMILES string of the molecule is Cc1ccc(NC(=O)C2CC2C(=O)Nc2ccc(N3CCCC3)cc2)c(C)c1. The van der Waals surface area contributed by atoms with Crippen molar-refractivity contribution < 1.29 is 9.59 Å². The zero-order chi connectivity index (χ0) is 19.7. The Morgan fingerprint density at radius 3 is 2.18 bits per heavy atom. The van der Waals surface area contributed by atoms with E-state index in [1.54, 1.807) is 0 Å². The van der Waals surface area contributed by atoms with Gasteiger partial charge in [0.05, 0.1) is 11.8 Å². The van der Waals surface area contributed by atoms with E-state index < -0.39 is 0 Å². The van der Waals surface area contributed by atoms with Crippen molar-refractivity contribution >= 4 is 28.9 Å². The molecule has 1 aliphatic heterocycles. The molecule has 0 spiro atoms. The van der Waals surface area contributed by atoms with E-state index in [2.05, 4.69) is 27.7 Å². The molecule has 1 heterocycles. The molecule has 0 bridgehead atoms. The smallest absolute Gasteiger partial charge is 0.228 e. The van der Waals surface area contributed by atoms with Gasteiger partial charge in [-0.15, -0.1) is 0 Å². The van der Waals surface area contributed by atoms with Gasteiger partial charge in [-0.3, -0.25) is 9.59 Å². The fourth-order valence-electron chi connectivity index (χ4n) is 3.92. The van der Waals surface area contributed by atoms with Crippen LogP contribution in [0.25, 0.3) is 0 Å². The molecule has 2 aromatic carbocycles. The van der Waals surface area contributed by atoms with Crippen LogP contribution in [0.3, 0.4) is 0 Å². The largest absolute Gasteiger partial charge is 0.372 e. The fourth-order valence-corrected chi connectivity index (χ4v) is 3.92. The lowest BCUT2D eigenvalue weighted by atomic mass is 10.1. The number of nitrogens with zero attached hydrogens (tertiary/aromatic N) is 1. The van der Waals surface area contributed by atoms with Gasteiger partial charge in [0.2, 0.25) is 11.8 Å². The molecule has 1 saturated carbocycles. The van der Waals surface area contributed by atoms with Gasteiger partial charge in [0.15, 0.2) is 0 Å². The minimum atomic E-state index is -0.246. The highest BCUT2D eigenvalue weighted by Crippen LogP contribution is 2.40. The lowest BCUT2D eigenvalue weighted by molar-refractivity contribution is -0.122. The molecule has 28 heavy (non-hydrogen) atoms. The molecule has 2 aromatic rings. The number of aryl methyl sites for hydroxylation is 2. The van der Waals surface area contributed by atoms with Crippen LogP contribution in [0, 0.1) is 25.7 Å². The highest BCUT2D eigenvalue weighted by atomic mass is 16.2. The first kappa shape index (κ1) is 18.5. The summed E-state index contributed by atoms with van der Waals surface area (Å²) in [7, 11) is 0. The molecular weight excluding hydrogens is 350 g/mol. The molecule has 2 atom stereocenters. The Kier molecular flexibility index (Phi) is 5.07.